The Morgan fingerprint density at radius 1 is 1.26 bits per heavy atom. The van der Waals surface area contributed by atoms with E-state index in [1.54, 1.807) is 6.92 Å². The Labute approximate surface area is 131 Å². The van der Waals surface area contributed by atoms with Crippen LogP contribution in [0.25, 0.3) is 0 Å². The molecule has 0 spiro atoms. The van der Waals surface area contributed by atoms with Crippen LogP contribution in [-0.2, 0) is 16.0 Å². The monoisotopic (exact) mass is 316 g/mol. The first-order valence-corrected chi connectivity index (χ1v) is 6.95. The van der Waals surface area contributed by atoms with E-state index < -0.39 is 11.7 Å². The number of hydrogen-bond donors (Lipinski definition) is 3. The summed E-state index contributed by atoms with van der Waals surface area (Å²) in [5, 5.41) is 3.73. The summed E-state index contributed by atoms with van der Waals surface area (Å²) in [4.78, 5) is 39.4. The van der Waals surface area contributed by atoms with Gasteiger partial charge >= 0.3 is 11.7 Å². The summed E-state index contributed by atoms with van der Waals surface area (Å²) in [6.07, 6.45) is 1.35. The molecule has 0 saturated carbocycles. The summed E-state index contributed by atoms with van der Waals surface area (Å²) in [7, 11) is 0. The Morgan fingerprint density at radius 2 is 2.00 bits per heavy atom. The van der Waals surface area contributed by atoms with Crippen LogP contribution in [-0.4, -0.2) is 34.7 Å². The maximum atomic E-state index is 11.7. The average Bonchev–Trinajstić information content (AvgIpc) is 2.89. The van der Waals surface area contributed by atoms with Crippen molar-refractivity contribution >= 4 is 18.1 Å². The SMILES string of the molecule is CCOC(=O)c1[nH]c(=O)[nH]c1/C=N/NC(=O)Cc1ccccc1. The smallest absolute Gasteiger partial charge is 0.357 e. The first-order chi connectivity index (χ1) is 11.1. The summed E-state index contributed by atoms with van der Waals surface area (Å²) in [5.74, 6) is -0.995. The van der Waals surface area contributed by atoms with Gasteiger partial charge in [-0.15, -0.1) is 0 Å². The highest BCUT2D eigenvalue weighted by Gasteiger charge is 2.15. The Morgan fingerprint density at radius 3 is 2.70 bits per heavy atom. The molecule has 1 amide bonds. The number of nitrogens with zero attached hydrogens (tertiary/aromatic N) is 1. The quantitative estimate of drug-likeness (QED) is 0.410. The van der Waals surface area contributed by atoms with Gasteiger partial charge in [-0.25, -0.2) is 15.0 Å². The first-order valence-electron chi connectivity index (χ1n) is 6.95. The van der Waals surface area contributed by atoms with Crippen molar-refractivity contribution in [1.29, 1.82) is 0 Å². The molecule has 0 saturated heterocycles. The Bertz CT molecular complexity index is 761. The van der Waals surface area contributed by atoms with Gasteiger partial charge in [0.15, 0.2) is 5.69 Å². The number of hydrogen-bond acceptors (Lipinski definition) is 5. The molecular weight excluding hydrogens is 300 g/mol. The van der Waals surface area contributed by atoms with Crippen LogP contribution in [0.5, 0.6) is 0 Å². The predicted molar refractivity (Wildman–Crippen MR) is 83.3 cm³/mol. The van der Waals surface area contributed by atoms with Crippen LogP contribution in [0.15, 0.2) is 40.2 Å². The molecule has 8 heteroatoms. The molecule has 23 heavy (non-hydrogen) atoms. The summed E-state index contributed by atoms with van der Waals surface area (Å²) in [6.45, 7) is 1.83. The number of aromatic amines is 2. The maximum Gasteiger partial charge on any atom is 0.357 e. The Balaban J connectivity index is 1.99. The topological polar surface area (TPSA) is 116 Å². The number of H-pyrrole nitrogens is 2. The fraction of sp³-hybridized carbons (Fsp3) is 0.200. The van der Waals surface area contributed by atoms with E-state index >= 15 is 0 Å². The van der Waals surface area contributed by atoms with Gasteiger partial charge in [-0.2, -0.15) is 5.10 Å². The number of hydrazone groups is 1. The second kappa shape index (κ2) is 7.74. The third kappa shape index (κ3) is 4.67. The minimum atomic E-state index is -0.678. The van der Waals surface area contributed by atoms with Gasteiger partial charge in [0.1, 0.15) is 0 Å². The highest BCUT2D eigenvalue weighted by molar-refractivity contribution is 5.96. The van der Waals surface area contributed by atoms with Crippen molar-refractivity contribution in [3.05, 3.63) is 57.8 Å². The third-order valence-electron chi connectivity index (χ3n) is 2.83. The van der Waals surface area contributed by atoms with Gasteiger partial charge in [-0.1, -0.05) is 30.3 Å². The van der Waals surface area contributed by atoms with Gasteiger partial charge in [0.2, 0.25) is 5.91 Å². The average molecular weight is 316 g/mol. The normalized spacial score (nSPS) is 10.7. The van der Waals surface area contributed by atoms with Gasteiger partial charge in [0.25, 0.3) is 0 Å². The zero-order chi connectivity index (χ0) is 16.7. The highest BCUT2D eigenvalue weighted by Crippen LogP contribution is 2.01. The standard InChI is InChI=1S/C15H16N4O4/c1-2-23-14(21)13-11(17-15(22)18-13)9-16-19-12(20)8-10-6-4-3-5-7-10/h3-7,9H,2,8H2,1H3,(H,19,20)(H2,17,18,22)/b16-9+. The lowest BCUT2D eigenvalue weighted by atomic mass is 10.1. The highest BCUT2D eigenvalue weighted by atomic mass is 16.5. The van der Waals surface area contributed by atoms with E-state index in [1.165, 1.54) is 6.21 Å². The lowest BCUT2D eigenvalue weighted by molar-refractivity contribution is -0.120. The number of rotatable bonds is 6. The number of ether oxygens (including phenoxy) is 1. The van der Waals surface area contributed by atoms with Crippen LogP contribution in [0.4, 0.5) is 0 Å². The molecular formula is C15H16N4O4. The van der Waals surface area contributed by atoms with Crippen molar-refractivity contribution in [3.8, 4) is 0 Å². The van der Waals surface area contributed by atoms with Gasteiger partial charge < -0.3 is 9.72 Å². The van der Waals surface area contributed by atoms with Gasteiger partial charge in [-0.05, 0) is 12.5 Å². The van der Waals surface area contributed by atoms with Crippen LogP contribution < -0.4 is 11.1 Å². The van der Waals surface area contributed by atoms with E-state index in [4.69, 9.17) is 4.74 Å². The Kier molecular flexibility index (Phi) is 5.45. The molecule has 3 N–H and O–H groups in total. The Hall–Kier alpha value is -3.16. The van der Waals surface area contributed by atoms with Crippen LogP contribution in [0.2, 0.25) is 0 Å². The molecule has 0 radical (unpaired) electrons. The van der Waals surface area contributed by atoms with Gasteiger partial charge in [0.05, 0.1) is 24.9 Å². The summed E-state index contributed by atoms with van der Waals surface area (Å²) in [6, 6.07) is 9.18. The van der Waals surface area contributed by atoms with Crippen LogP contribution in [0, 0.1) is 0 Å². The molecule has 0 aliphatic heterocycles. The molecule has 0 fully saturated rings. The van der Waals surface area contributed by atoms with E-state index in [9.17, 15) is 14.4 Å². The molecule has 0 bridgehead atoms. The van der Waals surface area contributed by atoms with Crippen LogP contribution >= 0.6 is 0 Å². The number of benzene rings is 1. The number of carbonyl (C=O) groups excluding carboxylic acids is 2. The molecule has 1 aromatic carbocycles. The number of esters is 1. The molecule has 0 atom stereocenters. The van der Waals surface area contributed by atoms with Crippen molar-refractivity contribution < 1.29 is 14.3 Å². The fourth-order valence-corrected chi connectivity index (χ4v) is 1.85. The number of nitrogens with one attached hydrogen (secondary N) is 3. The van der Waals surface area contributed by atoms with Crippen molar-refractivity contribution in [1.82, 2.24) is 15.4 Å². The van der Waals surface area contributed by atoms with E-state index in [-0.39, 0.29) is 30.3 Å². The van der Waals surface area contributed by atoms with Crippen molar-refractivity contribution in [2.75, 3.05) is 6.61 Å². The van der Waals surface area contributed by atoms with Crippen molar-refractivity contribution in [2.45, 2.75) is 13.3 Å². The second-order valence-electron chi connectivity index (χ2n) is 4.54. The fourth-order valence-electron chi connectivity index (χ4n) is 1.85. The number of carbonyl (C=O) groups is 2. The summed E-state index contributed by atoms with van der Waals surface area (Å²) < 4.78 is 4.81. The molecule has 8 nitrogen and oxygen atoms in total. The molecule has 1 heterocycles. The molecule has 120 valence electrons. The third-order valence-corrected chi connectivity index (χ3v) is 2.83. The second-order valence-corrected chi connectivity index (χ2v) is 4.54. The maximum absolute atomic E-state index is 11.7. The minimum Gasteiger partial charge on any atom is -0.461 e. The van der Waals surface area contributed by atoms with E-state index in [0.29, 0.717) is 0 Å². The molecule has 0 unspecified atom stereocenters. The largest absolute Gasteiger partial charge is 0.461 e. The predicted octanol–water partition coefficient (Wildman–Crippen LogP) is 0.572. The summed E-state index contributed by atoms with van der Waals surface area (Å²) in [5.41, 5.74) is 2.70. The molecule has 2 rings (SSSR count). The molecule has 0 aliphatic rings. The van der Waals surface area contributed by atoms with Gasteiger partial charge in [-0.3, -0.25) is 9.78 Å². The van der Waals surface area contributed by atoms with Crippen LogP contribution in [0.3, 0.4) is 0 Å². The molecule has 2 aromatic rings. The first kappa shape index (κ1) is 16.2. The lowest BCUT2D eigenvalue weighted by Gasteiger charge is -2.00. The van der Waals surface area contributed by atoms with E-state index in [1.807, 2.05) is 30.3 Å². The molecule has 1 aromatic heterocycles. The van der Waals surface area contributed by atoms with Crippen LogP contribution in [0.1, 0.15) is 28.7 Å². The summed E-state index contributed by atoms with van der Waals surface area (Å²) >= 11 is 0. The van der Waals surface area contributed by atoms with Crippen molar-refractivity contribution in [3.63, 3.8) is 0 Å². The minimum absolute atomic E-state index is 0.0436. The number of amides is 1. The lowest BCUT2D eigenvalue weighted by Crippen LogP contribution is -2.20. The van der Waals surface area contributed by atoms with Gasteiger partial charge in [0, 0.05) is 0 Å². The number of imidazole rings is 1. The zero-order valence-electron chi connectivity index (χ0n) is 12.5. The zero-order valence-corrected chi connectivity index (χ0v) is 12.5. The number of aromatic nitrogens is 2. The molecule has 0 aliphatic carbocycles. The van der Waals surface area contributed by atoms with E-state index in [2.05, 4.69) is 20.5 Å². The van der Waals surface area contributed by atoms with E-state index in [0.717, 1.165) is 5.56 Å². The van der Waals surface area contributed by atoms with Crippen molar-refractivity contribution in [2.24, 2.45) is 5.10 Å².